The van der Waals surface area contributed by atoms with Crippen molar-refractivity contribution < 1.29 is 18.7 Å². The standard InChI is InChI=1S/C25H26FN3O4/c1-4-32-23-14-18(11-12-22(23)33-16-19-8-5-6-10-21(19)26)15-27-28-24(30)20-9-7-13-29(17(2)3)25(20)31/h5-15,17H,4,16H2,1-3H3,(H,28,30)/b27-15-. The van der Waals surface area contributed by atoms with Gasteiger partial charge in [-0.3, -0.25) is 9.59 Å². The first kappa shape index (κ1) is 23.7. The Morgan fingerprint density at radius 3 is 2.64 bits per heavy atom. The van der Waals surface area contributed by atoms with Crippen LogP contribution in [0.15, 0.2) is 70.7 Å². The fraction of sp³-hybridized carbons (Fsp3) is 0.240. The summed E-state index contributed by atoms with van der Waals surface area (Å²) in [6.07, 6.45) is 3.07. The maximum absolute atomic E-state index is 13.8. The zero-order valence-corrected chi connectivity index (χ0v) is 18.7. The molecule has 8 heteroatoms. The second kappa shape index (κ2) is 11.1. The monoisotopic (exact) mass is 451 g/mol. The Morgan fingerprint density at radius 1 is 1.12 bits per heavy atom. The number of benzene rings is 2. The number of hydrogen-bond donors (Lipinski definition) is 1. The number of hydrazone groups is 1. The lowest BCUT2D eigenvalue weighted by Gasteiger charge is -2.13. The van der Waals surface area contributed by atoms with Gasteiger partial charge in [-0.2, -0.15) is 5.10 Å². The summed E-state index contributed by atoms with van der Waals surface area (Å²) in [6.45, 7) is 6.03. The maximum atomic E-state index is 13.8. The number of carbonyl (C=O) groups is 1. The molecule has 0 spiro atoms. The minimum absolute atomic E-state index is 0.00949. The van der Waals surface area contributed by atoms with E-state index in [-0.39, 0.29) is 29.6 Å². The molecule has 3 aromatic rings. The summed E-state index contributed by atoms with van der Waals surface area (Å²) in [5, 5.41) is 3.95. The highest BCUT2D eigenvalue weighted by Crippen LogP contribution is 2.29. The van der Waals surface area contributed by atoms with Crippen LogP contribution in [0.25, 0.3) is 0 Å². The second-order valence-corrected chi connectivity index (χ2v) is 7.45. The van der Waals surface area contributed by atoms with Crippen LogP contribution in [0.1, 0.15) is 48.3 Å². The number of carbonyl (C=O) groups excluding carboxylic acids is 1. The molecule has 33 heavy (non-hydrogen) atoms. The number of nitrogens with zero attached hydrogens (tertiary/aromatic N) is 2. The molecule has 0 aliphatic carbocycles. The van der Waals surface area contributed by atoms with E-state index in [1.807, 2.05) is 20.8 Å². The molecule has 0 atom stereocenters. The van der Waals surface area contributed by atoms with E-state index >= 15 is 0 Å². The Bertz CT molecular complexity index is 1200. The fourth-order valence-electron chi connectivity index (χ4n) is 3.08. The molecule has 0 unspecified atom stereocenters. The molecule has 2 aromatic carbocycles. The molecule has 172 valence electrons. The van der Waals surface area contributed by atoms with Gasteiger partial charge < -0.3 is 14.0 Å². The maximum Gasteiger partial charge on any atom is 0.276 e. The van der Waals surface area contributed by atoms with Crippen LogP contribution in [-0.4, -0.2) is 23.3 Å². The van der Waals surface area contributed by atoms with Crippen LogP contribution >= 0.6 is 0 Å². The van der Waals surface area contributed by atoms with E-state index in [0.29, 0.717) is 29.2 Å². The number of ether oxygens (including phenoxy) is 2. The molecule has 1 heterocycles. The first-order chi connectivity index (χ1) is 15.9. The molecule has 1 amide bonds. The number of nitrogens with one attached hydrogen (secondary N) is 1. The van der Waals surface area contributed by atoms with Gasteiger partial charge in [0.2, 0.25) is 0 Å². The Hall–Kier alpha value is -3.94. The third-order valence-corrected chi connectivity index (χ3v) is 4.76. The number of amides is 1. The molecule has 0 saturated carbocycles. The molecular formula is C25H26FN3O4. The van der Waals surface area contributed by atoms with Crippen molar-refractivity contribution in [3.05, 3.63) is 93.7 Å². The summed E-state index contributed by atoms with van der Waals surface area (Å²) in [5.74, 6) is -0.0125. The number of halogens is 1. The van der Waals surface area contributed by atoms with Crippen molar-refractivity contribution in [2.75, 3.05) is 6.61 Å². The summed E-state index contributed by atoms with van der Waals surface area (Å²) in [7, 11) is 0. The minimum Gasteiger partial charge on any atom is -0.490 e. The van der Waals surface area contributed by atoms with Gasteiger partial charge in [0.05, 0.1) is 12.8 Å². The van der Waals surface area contributed by atoms with Gasteiger partial charge in [0.25, 0.3) is 11.5 Å². The van der Waals surface area contributed by atoms with Crippen molar-refractivity contribution in [1.82, 2.24) is 9.99 Å². The lowest BCUT2D eigenvalue weighted by molar-refractivity contribution is 0.0953. The predicted molar refractivity (Wildman–Crippen MR) is 124 cm³/mol. The number of rotatable bonds is 9. The van der Waals surface area contributed by atoms with E-state index in [4.69, 9.17) is 9.47 Å². The van der Waals surface area contributed by atoms with Gasteiger partial charge in [-0.1, -0.05) is 18.2 Å². The highest BCUT2D eigenvalue weighted by molar-refractivity contribution is 5.94. The molecule has 0 saturated heterocycles. The molecular weight excluding hydrogens is 425 g/mol. The predicted octanol–water partition coefficient (Wildman–Crippen LogP) is 4.31. The van der Waals surface area contributed by atoms with Crippen LogP contribution < -0.4 is 20.5 Å². The van der Waals surface area contributed by atoms with Gasteiger partial charge in [0, 0.05) is 17.8 Å². The first-order valence-corrected chi connectivity index (χ1v) is 10.6. The third-order valence-electron chi connectivity index (χ3n) is 4.76. The van der Waals surface area contributed by atoms with Gasteiger partial charge >= 0.3 is 0 Å². The van der Waals surface area contributed by atoms with Crippen molar-refractivity contribution in [2.24, 2.45) is 5.10 Å². The van der Waals surface area contributed by atoms with E-state index in [2.05, 4.69) is 10.5 Å². The molecule has 0 aliphatic heterocycles. The summed E-state index contributed by atoms with van der Waals surface area (Å²) in [4.78, 5) is 24.8. The van der Waals surface area contributed by atoms with E-state index in [1.165, 1.54) is 22.9 Å². The van der Waals surface area contributed by atoms with Crippen molar-refractivity contribution in [3.8, 4) is 11.5 Å². The van der Waals surface area contributed by atoms with Gasteiger partial charge in [-0.15, -0.1) is 0 Å². The van der Waals surface area contributed by atoms with E-state index < -0.39 is 5.91 Å². The number of pyridine rings is 1. The molecule has 1 N–H and O–H groups in total. The first-order valence-electron chi connectivity index (χ1n) is 10.6. The van der Waals surface area contributed by atoms with Crippen LogP contribution in [0.4, 0.5) is 4.39 Å². The number of hydrogen-bond acceptors (Lipinski definition) is 5. The average molecular weight is 451 g/mol. The average Bonchev–Trinajstić information content (AvgIpc) is 2.79. The zero-order chi connectivity index (χ0) is 23.8. The largest absolute Gasteiger partial charge is 0.490 e. The lowest BCUT2D eigenvalue weighted by atomic mass is 10.2. The van der Waals surface area contributed by atoms with E-state index in [9.17, 15) is 14.0 Å². The quantitative estimate of drug-likeness (QED) is 0.388. The molecule has 0 aliphatic rings. The molecule has 0 bridgehead atoms. The van der Waals surface area contributed by atoms with Crippen LogP contribution in [0, 0.1) is 5.82 Å². The SMILES string of the molecule is CCOc1cc(/C=N\NC(=O)c2cccn(C(C)C)c2=O)ccc1OCc1ccccc1F. The lowest BCUT2D eigenvalue weighted by Crippen LogP contribution is -2.31. The Labute approximate surface area is 191 Å². The van der Waals surface area contributed by atoms with Crippen molar-refractivity contribution in [3.63, 3.8) is 0 Å². The molecule has 1 aromatic heterocycles. The van der Waals surface area contributed by atoms with Crippen LogP contribution in [0.2, 0.25) is 0 Å². The third kappa shape index (κ3) is 6.06. The molecule has 3 rings (SSSR count). The Kier molecular flexibility index (Phi) is 7.96. The summed E-state index contributed by atoms with van der Waals surface area (Å²) in [5.41, 5.74) is 3.09. The topological polar surface area (TPSA) is 81.9 Å². The van der Waals surface area contributed by atoms with Gasteiger partial charge in [-0.05, 0) is 62.7 Å². The minimum atomic E-state index is -0.596. The Morgan fingerprint density at radius 2 is 1.91 bits per heavy atom. The Balaban J connectivity index is 1.70. The van der Waals surface area contributed by atoms with Gasteiger partial charge in [-0.25, -0.2) is 9.82 Å². The normalized spacial score (nSPS) is 11.1. The second-order valence-electron chi connectivity index (χ2n) is 7.45. The highest BCUT2D eigenvalue weighted by atomic mass is 19.1. The highest BCUT2D eigenvalue weighted by Gasteiger charge is 2.13. The molecule has 0 fully saturated rings. The fourth-order valence-corrected chi connectivity index (χ4v) is 3.08. The van der Waals surface area contributed by atoms with Gasteiger partial charge in [0.1, 0.15) is 18.0 Å². The van der Waals surface area contributed by atoms with Crippen LogP contribution in [0.3, 0.4) is 0 Å². The molecule has 0 radical (unpaired) electrons. The van der Waals surface area contributed by atoms with E-state index in [0.717, 1.165) is 0 Å². The van der Waals surface area contributed by atoms with Crippen LogP contribution in [0.5, 0.6) is 11.5 Å². The number of aromatic nitrogens is 1. The summed E-state index contributed by atoms with van der Waals surface area (Å²) < 4.78 is 26.7. The van der Waals surface area contributed by atoms with E-state index in [1.54, 1.807) is 48.7 Å². The molecule has 7 nitrogen and oxygen atoms in total. The zero-order valence-electron chi connectivity index (χ0n) is 18.7. The summed E-state index contributed by atoms with van der Waals surface area (Å²) in [6, 6.07) is 14.5. The van der Waals surface area contributed by atoms with Crippen LogP contribution in [-0.2, 0) is 6.61 Å². The van der Waals surface area contributed by atoms with Gasteiger partial charge in [0.15, 0.2) is 11.5 Å². The van der Waals surface area contributed by atoms with Crippen molar-refractivity contribution in [2.45, 2.75) is 33.4 Å². The smallest absolute Gasteiger partial charge is 0.276 e. The van der Waals surface area contributed by atoms with Crippen molar-refractivity contribution in [1.29, 1.82) is 0 Å². The summed E-state index contributed by atoms with van der Waals surface area (Å²) >= 11 is 0. The van der Waals surface area contributed by atoms with Crippen molar-refractivity contribution >= 4 is 12.1 Å².